The molecule has 0 radical (unpaired) electrons. The Morgan fingerprint density at radius 2 is 2.05 bits per heavy atom. The van der Waals surface area contributed by atoms with Gasteiger partial charge < -0.3 is 15.4 Å². The van der Waals surface area contributed by atoms with Crippen LogP contribution in [0.4, 0.5) is 5.69 Å². The highest BCUT2D eigenvalue weighted by molar-refractivity contribution is 5.61. The molecule has 106 valence electrons. The van der Waals surface area contributed by atoms with Crippen LogP contribution < -0.4 is 15.4 Å². The van der Waals surface area contributed by atoms with Crippen LogP contribution >= 0.6 is 0 Å². The molecule has 0 unspecified atom stereocenters. The Balaban J connectivity index is 2.25. The van der Waals surface area contributed by atoms with Gasteiger partial charge in [-0.15, -0.1) is 0 Å². The fourth-order valence-corrected chi connectivity index (χ4v) is 3.03. The predicted octanol–water partition coefficient (Wildman–Crippen LogP) is 3.34. The van der Waals surface area contributed by atoms with Crippen molar-refractivity contribution >= 4 is 5.69 Å². The van der Waals surface area contributed by atoms with Gasteiger partial charge in [0.25, 0.3) is 0 Å². The van der Waals surface area contributed by atoms with E-state index in [1.807, 2.05) is 13.0 Å². The zero-order chi connectivity index (χ0) is 13.8. The molecule has 1 atom stereocenters. The highest BCUT2D eigenvalue weighted by Gasteiger charge is 2.22. The van der Waals surface area contributed by atoms with Gasteiger partial charge in [-0.3, -0.25) is 0 Å². The van der Waals surface area contributed by atoms with Crippen LogP contribution in [-0.4, -0.2) is 20.2 Å². The molecule has 1 aromatic carbocycles. The van der Waals surface area contributed by atoms with Crippen LogP contribution in [0.15, 0.2) is 18.2 Å². The van der Waals surface area contributed by atoms with E-state index in [1.54, 1.807) is 7.11 Å². The van der Waals surface area contributed by atoms with Crippen LogP contribution in [0, 0.1) is 5.92 Å². The fourth-order valence-electron chi connectivity index (χ4n) is 3.03. The minimum absolute atomic E-state index is 0.00458. The molecular formula is C16H26N2O. The first kappa shape index (κ1) is 14.2. The third kappa shape index (κ3) is 3.03. The number of rotatable bonds is 4. The maximum Gasteiger partial charge on any atom is 0.125 e. The van der Waals surface area contributed by atoms with Gasteiger partial charge in [-0.2, -0.15) is 0 Å². The summed E-state index contributed by atoms with van der Waals surface area (Å²) in [6.45, 7) is 6.58. The van der Waals surface area contributed by atoms with Gasteiger partial charge in [-0.1, -0.05) is 19.4 Å². The minimum Gasteiger partial charge on any atom is -0.496 e. The molecule has 3 heteroatoms. The Labute approximate surface area is 116 Å². The van der Waals surface area contributed by atoms with Crippen molar-refractivity contribution in [1.82, 2.24) is 0 Å². The molecule has 2 rings (SSSR count). The number of nitrogens with zero attached hydrogens (tertiary/aromatic N) is 1. The van der Waals surface area contributed by atoms with E-state index in [0.717, 1.165) is 30.3 Å². The van der Waals surface area contributed by atoms with Crippen molar-refractivity contribution in [2.75, 3.05) is 25.1 Å². The van der Waals surface area contributed by atoms with Crippen molar-refractivity contribution in [2.45, 2.75) is 39.2 Å². The number of hydrogen-bond acceptors (Lipinski definition) is 3. The van der Waals surface area contributed by atoms with Crippen molar-refractivity contribution in [3.8, 4) is 5.75 Å². The maximum absolute atomic E-state index is 6.14. The molecule has 3 nitrogen and oxygen atoms in total. The monoisotopic (exact) mass is 262 g/mol. The molecule has 0 spiro atoms. The standard InChI is InChI=1S/C16H26N2O/c1-4-13-8-10-18(11-9-13)14-6-5-7-15(19-3)16(14)12(2)17/h5-7,12-13H,4,8-11,17H2,1-3H3/t12-/m0/s1. The van der Waals surface area contributed by atoms with Crippen molar-refractivity contribution in [3.63, 3.8) is 0 Å². The molecule has 1 aromatic rings. The van der Waals surface area contributed by atoms with E-state index in [-0.39, 0.29) is 6.04 Å². The first-order chi connectivity index (χ1) is 9.17. The van der Waals surface area contributed by atoms with Crippen molar-refractivity contribution < 1.29 is 4.74 Å². The number of hydrogen-bond donors (Lipinski definition) is 1. The Hall–Kier alpha value is -1.22. The normalized spacial score (nSPS) is 18.4. The molecule has 1 heterocycles. The van der Waals surface area contributed by atoms with Gasteiger partial charge in [0.2, 0.25) is 0 Å². The molecular weight excluding hydrogens is 236 g/mol. The number of ether oxygens (including phenoxy) is 1. The second kappa shape index (κ2) is 6.29. The Morgan fingerprint density at radius 3 is 2.58 bits per heavy atom. The number of nitrogens with two attached hydrogens (primary N) is 1. The highest BCUT2D eigenvalue weighted by Crippen LogP contribution is 2.35. The zero-order valence-corrected chi connectivity index (χ0v) is 12.4. The SMILES string of the molecule is CCC1CCN(c2cccc(OC)c2[C@H](C)N)CC1. The molecule has 0 bridgehead atoms. The number of benzene rings is 1. The minimum atomic E-state index is -0.00458. The third-order valence-corrected chi connectivity index (χ3v) is 4.25. The van der Waals surface area contributed by atoms with Crippen LogP contribution in [0.25, 0.3) is 0 Å². The molecule has 1 fully saturated rings. The van der Waals surface area contributed by atoms with E-state index in [0.29, 0.717) is 0 Å². The van der Waals surface area contributed by atoms with E-state index < -0.39 is 0 Å². The van der Waals surface area contributed by atoms with Gasteiger partial charge in [-0.05, 0) is 37.8 Å². The first-order valence-corrected chi connectivity index (χ1v) is 7.34. The van der Waals surface area contributed by atoms with E-state index in [2.05, 4.69) is 24.0 Å². The third-order valence-electron chi connectivity index (χ3n) is 4.25. The van der Waals surface area contributed by atoms with E-state index in [1.165, 1.54) is 24.9 Å². The van der Waals surface area contributed by atoms with Crippen molar-refractivity contribution in [1.29, 1.82) is 0 Å². The van der Waals surface area contributed by atoms with Gasteiger partial charge in [-0.25, -0.2) is 0 Å². The van der Waals surface area contributed by atoms with Gasteiger partial charge in [0, 0.05) is 30.4 Å². The van der Waals surface area contributed by atoms with Crippen LogP contribution in [0.3, 0.4) is 0 Å². The Bertz CT molecular complexity index is 409. The number of anilines is 1. The maximum atomic E-state index is 6.14. The summed E-state index contributed by atoms with van der Waals surface area (Å²) in [6.07, 6.45) is 3.87. The lowest BCUT2D eigenvalue weighted by Gasteiger charge is -2.35. The van der Waals surface area contributed by atoms with Crippen molar-refractivity contribution in [3.05, 3.63) is 23.8 Å². The summed E-state index contributed by atoms with van der Waals surface area (Å²) in [5, 5.41) is 0. The summed E-state index contributed by atoms with van der Waals surface area (Å²) < 4.78 is 5.47. The van der Waals surface area contributed by atoms with Gasteiger partial charge in [0.05, 0.1) is 7.11 Å². The molecule has 0 aromatic heterocycles. The van der Waals surface area contributed by atoms with Crippen LogP contribution in [0.1, 0.15) is 44.7 Å². The average molecular weight is 262 g/mol. The summed E-state index contributed by atoms with van der Waals surface area (Å²) >= 11 is 0. The summed E-state index contributed by atoms with van der Waals surface area (Å²) in [5.74, 6) is 1.80. The molecule has 19 heavy (non-hydrogen) atoms. The molecule has 1 aliphatic rings. The second-order valence-corrected chi connectivity index (χ2v) is 5.52. The van der Waals surface area contributed by atoms with E-state index in [4.69, 9.17) is 10.5 Å². The molecule has 1 saturated heterocycles. The Kier molecular flexibility index (Phi) is 4.70. The van der Waals surface area contributed by atoms with Crippen LogP contribution in [0.5, 0.6) is 5.75 Å². The molecule has 0 amide bonds. The van der Waals surface area contributed by atoms with Crippen molar-refractivity contribution in [2.24, 2.45) is 11.7 Å². The quantitative estimate of drug-likeness (QED) is 0.904. The fraction of sp³-hybridized carbons (Fsp3) is 0.625. The molecule has 2 N–H and O–H groups in total. The van der Waals surface area contributed by atoms with Gasteiger partial charge in [0.1, 0.15) is 5.75 Å². The lowest BCUT2D eigenvalue weighted by molar-refractivity contribution is 0.391. The van der Waals surface area contributed by atoms with E-state index in [9.17, 15) is 0 Å². The summed E-state index contributed by atoms with van der Waals surface area (Å²) in [5.41, 5.74) is 8.54. The van der Waals surface area contributed by atoms with Crippen LogP contribution in [-0.2, 0) is 0 Å². The lowest BCUT2D eigenvalue weighted by Crippen LogP contribution is -2.34. The zero-order valence-electron chi connectivity index (χ0n) is 12.4. The molecule has 0 aliphatic carbocycles. The molecule has 0 saturated carbocycles. The average Bonchev–Trinajstić information content (AvgIpc) is 2.46. The highest BCUT2D eigenvalue weighted by atomic mass is 16.5. The second-order valence-electron chi connectivity index (χ2n) is 5.52. The molecule has 1 aliphatic heterocycles. The lowest BCUT2D eigenvalue weighted by atomic mass is 9.93. The largest absolute Gasteiger partial charge is 0.496 e. The number of piperidine rings is 1. The summed E-state index contributed by atoms with van der Waals surface area (Å²) in [6, 6.07) is 6.23. The predicted molar refractivity (Wildman–Crippen MR) is 80.8 cm³/mol. The van der Waals surface area contributed by atoms with Crippen LogP contribution in [0.2, 0.25) is 0 Å². The van der Waals surface area contributed by atoms with E-state index >= 15 is 0 Å². The topological polar surface area (TPSA) is 38.5 Å². The van der Waals surface area contributed by atoms with Gasteiger partial charge in [0.15, 0.2) is 0 Å². The van der Waals surface area contributed by atoms with Gasteiger partial charge >= 0.3 is 0 Å². The first-order valence-electron chi connectivity index (χ1n) is 7.34. The summed E-state index contributed by atoms with van der Waals surface area (Å²) in [4.78, 5) is 2.47. The summed E-state index contributed by atoms with van der Waals surface area (Å²) in [7, 11) is 1.72. The Morgan fingerprint density at radius 1 is 1.37 bits per heavy atom. The number of methoxy groups -OCH3 is 1. The smallest absolute Gasteiger partial charge is 0.125 e.